The van der Waals surface area contributed by atoms with Gasteiger partial charge >= 0.3 is 0 Å². The molecule has 2 saturated heterocycles. The first kappa shape index (κ1) is 18.1. The van der Waals surface area contributed by atoms with Crippen LogP contribution in [0.15, 0.2) is 28.8 Å². The van der Waals surface area contributed by atoms with E-state index in [2.05, 4.69) is 10.1 Å². The molecule has 0 saturated carbocycles. The van der Waals surface area contributed by atoms with Crippen molar-refractivity contribution < 1.29 is 18.4 Å². The third kappa shape index (κ3) is 3.48. The molecule has 1 spiro atoms. The highest BCUT2D eigenvalue weighted by Crippen LogP contribution is 2.49. The number of rotatable bonds is 4. The van der Waals surface area contributed by atoms with Crippen LogP contribution in [0.2, 0.25) is 0 Å². The number of aromatic nitrogens is 2. The van der Waals surface area contributed by atoms with Crippen LogP contribution in [0.3, 0.4) is 0 Å². The van der Waals surface area contributed by atoms with Crippen LogP contribution >= 0.6 is 0 Å². The van der Waals surface area contributed by atoms with E-state index in [1.165, 1.54) is 12.1 Å². The van der Waals surface area contributed by atoms with Gasteiger partial charge in [-0.1, -0.05) is 12.1 Å². The lowest BCUT2D eigenvalue weighted by Crippen LogP contribution is -2.37. The van der Waals surface area contributed by atoms with E-state index >= 15 is 0 Å². The molecule has 0 radical (unpaired) electrons. The molecule has 2 aromatic rings. The largest absolute Gasteiger partial charge is 0.381 e. The van der Waals surface area contributed by atoms with Crippen LogP contribution in [0.4, 0.5) is 4.39 Å². The molecular weight excluding hydrogens is 349 g/mol. The Kier molecular flexibility index (Phi) is 4.95. The van der Waals surface area contributed by atoms with Crippen LogP contribution in [0, 0.1) is 11.2 Å². The highest BCUT2D eigenvalue weighted by atomic mass is 19.1. The second kappa shape index (κ2) is 7.38. The third-order valence-electron chi connectivity index (χ3n) is 5.80. The van der Waals surface area contributed by atoms with Crippen LogP contribution in [0.1, 0.15) is 44.4 Å². The summed E-state index contributed by atoms with van der Waals surface area (Å²) < 4.78 is 24.3. The van der Waals surface area contributed by atoms with Crippen molar-refractivity contribution in [1.29, 1.82) is 0 Å². The van der Waals surface area contributed by atoms with Gasteiger partial charge in [-0.15, -0.1) is 0 Å². The van der Waals surface area contributed by atoms with Gasteiger partial charge in [-0.25, -0.2) is 4.39 Å². The molecule has 3 heterocycles. The van der Waals surface area contributed by atoms with E-state index in [1.807, 2.05) is 11.8 Å². The Labute approximate surface area is 157 Å². The van der Waals surface area contributed by atoms with Gasteiger partial charge in [0.05, 0.1) is 5.92 Å². The second-order valence-electron chi connectivity index (χ2n) is 7.51. The number of halogens is 1. The van der Waals surface area contributed by atoms with E-state index in [1.54, 1.807) is 12.1 Å². The fourth-order valence-electron chi connectivity index (χ4n) is 4.25. The topological polar surface area (TPSA) is 68.5 Å². The number of hydrogen-bond acceptors (Lipinski definition) is 5. The van der Waals surface area contributed by atoms with Gasteiger partial charge in [0.2, 0.25) is 17.6 Å². The summed E-state index contributed by atoms with van der Waals surface area (Å²) in [6.07, 6.45) is 3.15. The Balaban J connectivity index is 1.62. The lowest BCUT2D eigenvalue weighted by molar-refractivity contribution is -0.130. The standard InChI is InChI=1S/C20H24FN3O3/c1-2-3-17(25)24-12-16(20(13-24)8-10-26-11-9-20)19-22-18(23-27-19)14-4-6-15(21)7-5-14/h4-7,16H,2-3,8-13H2,1H3. The zero-order valence-corrected chi connectivity index (χ0v) is 15.5. The molecule has 27 heavy (non-hydrogen) atoms. The summed E-state index contributed by atoms with van der Waals surface area (Å²) in [6, 6.07) is 6.04. The highest BCUT2D eigenvalue weighted by Gasteiger charge is 2.51. The average Bonchev–Trinajstić information content (AvgIpc) is 3.29. The van der Waals surface area contributed by atoms with Gasteiger partial charge in [-0.3, -0.25) is 4.79 Å². The molecule has 1 aromatic heterocycles. The zero-order chi connectivity index (χ0) is 18.9. The number of carbonyl (C=O) groups excluding carboxylic acids is 1. The molecule has 0 aliphatic carbocycles. The smallest absolute Gasteiger partial charge is 0.232 e. The summed E-state index contributed by atoms with van der Waals surface area (Å²) in [6.45, 7) is 4.71. The fraction of sp³-hybridized carbons (Fsp3) is 0.550. The molecule has 2 fully saturated rings. The van der Waals surface area contributed by atoms with E-state index in [-0.39, 0.29) is 23.1 Å². The minimum atomic E-state index is -0.301. The van der Waals surface area contributed by atoms with E-state index in [0.29, 0.717) is 50.0 Å². The van der Waals surface area contributed by atoms with E-state index < -0.39 is 0 Å². The monoisotopic (exact) mass is 373 g/mol. The zero-order valence-electron chi connectivity index (χ0n) is 15.5. The molecule has 7 heteroatoms. The van der Waals surface area contributed by atoms with Gasteiger partial charge in [0.25, 0.3) is 0 Å². The number of amides is 1. The molecule has 4 rings (SSSR count). The Morgan fingerprint density at radius 1 is 1.30 bits per heavy atom. The predicted molar refractivity (Wildman–Crippen MR) is 96.4 cm³/mol. The maximum Gasteiger partial charge on any atom is 0.232 e. The predicted octanol–water partition coefficient (Wildman–Crippen LogP) is 3.40. The molecule has 1 amide bonds. The van der Waals surface area contributed by atoms with Crippen LogP contribution in [-0.2, 0) is 9.53 Å². The molecule has 6 nitrogen and oxygen atoms in total. The summed E-state index contributed by atoms with van der Waals surface area (Å²) in [5.74, 6) is 0.895. The summed E-state index contributed by atoms with van der Waals surface area (Å²) in [5, 5.41) is 4.10. The van der Waals surface area contributed by atoms with Gasteiger partial charge in [-0.05, 0) is 43.5 Å². The molecular formula is C20H24FN3O3. The first-order valence-electron chi connectivity index (χ1n) is 9.56. The molecule has 2 aliphatic rings. The van der Waals surface area contributed by atoms with Gasteiger partial charge in [-0.2, -0.15) is 4.98 Å². The van der Waals surface area contributed by atoms with Crippen LogP contribution in [-0.4, -0.2) is 47.3 Å². The van der Waals surface area contributed by atoms with Crippen molar-refractivity contribution in [3.8, 4) is 11.4 Å². The summed E-state index contributed by atoms with van der Waals surface area (Å²) in [5.41, 5.74) is 0.637. The lowest BCUT2D eigenvalue weighted by atomic mass is 9.72. The molecule has 2 aliphatic heterocycles. The minimum Gasteiger partial charge on any atom is -0.381 e. The van der Waals surface area contributed by atoms with Crippen LogP contribution < -0.4 is 0 Å². The molecule has 1 unspecified atom stereocenters. The van der Waals surface area contributed by atoms with Crippen molar-refractivity contribution in [2.24, 2.45) is 5.41 Å². The van der Waals surface area contributed by atoms with Crippen LogP contribution in [0.25, 0.3) is 11.4 Å². The first-order valence-corrected chi connectivity index (χ1v) is 9.56. The Hall–Kier alpha value is -2.28. The van der Waals surface area contributed by atoms with Crippen molar-refractivity contribution >= 4 is 5.91 Å². The quantitative estimate of drug-likeness (QED) is 0.822. The number of hydrogen-bond donors (Lipinski definition) is 0. The van der Waals surface area contributed by atoms with E-state index in [9.17, 15) is 9.18 Å². The first-order chi connectivity index (χ1) is 13.1. The van der Waals surface area contributed by atoms with Crippen molar-refractivity contribution in [3.63, 3.8) is 0 Å². The summed E-state index contributed by atoms with van der Waals surface area (Å²) in [4.78, 5) is 19.0. The van der Waals surface area contributed by atoms with Crippen molar-refractivity contribution in [3.05, 3.63) is 36.0 Å². The molecule has 0 bridgehead atoms. The number of likely N-dealkylation sites (tertiary alicyclic amines) is 1. The molecule has 144 valence electrons. The summed E-state index contributed by atoms with van der Waals surface area (Å²) >= 11 is 0. The number of ether oxygens (including phenoxy) is 1. The van der Waals surface area contributed by atoms with Crippen molar-refractivity contribution in [2.45, 2.75) is 38.5 Å². The second-order valence-corrected chi connectivity index (χ2v) is 7.51. The van der Waals surface area contributed by atoms with Gasteiger partial charge in [0.15, 0.2) is 0 Å². The van der Waals surface area contributed by atoms with Gasteiger partial charge in [0.1, 0.15) is 5.82 Å². The lowest BCUT2D eigenvalue weighted by Gasteiger charge is -2.36. The van der Waals surface area contributed by atoms with Gasteiger partial charge in [0, 0.05) is 43.7 Å². The SMILES string of the molecule is CCCC(=O)N1CC(c2nc(-c3ccc(F)cc3)no2)C2(CCOCC2)C1. The summed E-state index contributed by atoms with van der Waals surface area (Å²) in [7, 11) is 0. The normalized spacial score (nSPS) is 21.7. The molecule has 0 N–H and O–H groups in total. The Morgan fingerprint density at radius 3 is 2.74 bits per heavy atom. The Morgan fingerprint density at radius 2 is 2.04 bits per heavy atom. The number of nitrogens with zero attached hydrogens (tertiary/aromatic N) is 3. The maximum atomic E-state index is 13.2. The minimum absolute atomic E-state index is 0.00362. The third-order valence-corrected chi connectivity index (χ3v) is 5.80. The number of benzene rings is 1. The van der Waals surface area contributed by atoms with E-state index in [4.69, 9.17) is 9.26 Å². The van der Waals surface area contributed by atoms with Crippen molar-refractivity contribution in [2.75, 3.05) is 26.3 Å². The number of carbonyl (C=O) groups is 1. The Bertz CT molecular complexity index is 799. The molecule has 1 aromatic carbocycles. The van der Waals surface area contributed by atoms with Crippen LogP contribution in [0.5, 0.6) is 0 Å². The van der Waals surface area contributed by atoms with E-state index in [0.717, 1.165) is 19.3 Å². The fourth-order valence-corrected chi connectivity index (χ4v) is 4.25. The molecule has 1 atom stereocenters. The maximum absolute atomic E-state index is 13.2. The van der Waals surface area contributed by atoms with Crippen molar-refractivity contribution in [1.82, 2.24) is 15.0 Å². The highest BCUT2D eigenvalue weighted by molar-refractivity contribution is 5.76. The van der Waals surface area contributed by atoms with Gasteiger partial charge < -0.3 is 14.2 Å². The average molecular weight is 373 g/mol.